The minimum Gasteiger partial charge on any atom is -0.267 e. The molecule has 0 heterocycles. The molecule has 0 fully saturated rings. The van der Waals surface area contributed by atoms with E-state index in [2.05, 4.69) is 10.5 Å². The van der Waals surface area contributed by atoms with Crippen LogP contribution in [0.15, 0.2) is 41.5 Å². The lowest BCUT2D eigenvalue weighted by molar-refractivity contribution is 0.0955. The van der Waals surface area contributed by atoms with Crippen molar-refractivity contribution in [3.05, 3.63) is 70.0 Å². The van der Waals surface area contributed by atoms with Crippen LogP contribution in [0.3, 0.4) is 0 Å². The molecule has 108 valence electrons. The number of benzene rings is 2. The number of nitrogens with one attached hydrogen (secondary N) is 1. The second kappa shape index (κ2) is 6.41. The molecule has 0 aliphatic rings. The molecule has 7 heteroatoms. The Morgan fingerprint density at radius 2 is 1.67 bits per heavy atom. The van der Waals surface area contributed by atoms with Crippen molar-refractivity contribution in [2.75, 3.05) is 0 Å². The SMILES string of the molecule is O=C(N/N=C/c1cc(F)c(F)cc1F)c1ccc(Cl)cc1. The minimum absolute atomic E-state index is 0.287. The maximum Gasteiger partial charge on any atom is 0.271 e. The zero-order chi connectivity index (χ0) is 15.4. The Morgan fingerprint density at radius 3 is 2.33 bits per heavy atom. The van der Waals surface area contributed by atoms with Crippen molar-refractivity contribution in [2.24, 2.45) is 5.10 Å². The smallest absolute Gasteiger partial charge is 0.267 e. The van der Waals surface area contributed by atoms with Gasteiger partial charge in [0, 0.05) is 22.2 Å². The van der Waals surface area contributed by atoms with Gasteiger partial charge in [0.15, 0.2) is 11.6 Å². The lowest BCUT2D eigenvalue weighted by Gasteiger charge is -2.01. The first-order valence-corrected chi connectivity index (χ1v) is 6.08. The highest BCUT2D eigenvalue weighted by Crippen LogP contribution is 2.12. The van der Waals surface area contributed by atoms with Crippen molar-refractivity contribution >= 4 is 23.7 Å². The summed E-state index contributed by atoms with van der Waals surface area (Å²) in [6, 6.07) is 7.04. The number of carbonyl (C=O) groups is 1. The van der Waals surface area contributed by atoms with Gasteiger partial charge in [-0.3, -0.25) is 4.79 Å². The second-order valence-corrected chi connectivity index (χ2v) is 4.43. The largest absolute Gasteiger partial charge is 0.271 e. The summed E-state index contributed by atoms with van der Waals surface area (Å²) in [6.07, 6.45) is 0.881. The third-order valence-electron chi connectivity index (χ3n) is 2.52. The summed E-state index contributed by atoms with van der Waals surface area (Å²) in [5.74, 6) is -4.04. The van der Waals surface area contributed by atoms with Crippen LogP contribution in [0.5, 0.6) is 0 Å². The number of hydrogen-bond donors (Lipinski definition) is 1. The highest BCUT2D eigenvalue weighted by atomic mass is 35.5. The molecule has 2 aromatic carbocycles. The molecule has 21 heavy (non-hydrogen) atoms. The Kier molecular flexibility index (Phi) is 4.59. The van der Waals surface area contributed by atoms with Crippen LogP contribution in [0.4, 0.5) is 13.2 Å². The van der Waals surface area contributed by atoms with Crippen LogP contribution in [0, 0.1) is 17.5 Å². The first kappa shape index (κ1) is 15.1. The molecule has 0 atom stereocenters. The number of halogens is 4. The lowest BCUT2D eigenvalue weighted by Crippen LogP contribution is -2.17. The molecule has 0 saturated heterocycles. The fraction of sp³-hybridized carbons (Fsp3) is 0. The van der Waals surface area contributed by atoms with Gasteiger partial charge in [-0.25, -0.2) is 18.6 Å². The van der Waals surface area contributed by atoms with Gasteiger partial charge in [-0.2, -0.15) is 5.10 Å². The zero-order valence-corrected chi connectivity index (χ0v) is 11.2. The van der Waals surface area contributed by atoms with Crippen molar-refractivity contribution in [1.29, 1.82) is 0 Å². The number of hydrazone groups is 1. The Labute approximate surface area is 123 Å². The first-order chi connectivity index (χ1) is 9.97. The average Bonchev–Trinajstić information content (AvgIpc) is 2.45. The van der Waals surface area contributed by atoms with Gasteiger partial charge < -0.3 is 0 Å². The van der Waals surface area contributed by atoms with E-state index < -0.39 is 23.4 Å². The van der Waals surface area contributed by atoms with Crippen molar-refractivity contribution in [3.63, 3.8) is 0 Å². The second-order valence-electron chi connectivity index (χ2n) is 3.99. The van der Waals surface area contributed by atoms with Crippen LogP contribution in [0.2, 0.25) is 5.02 Å². The Balaban J connectivity index is 2.07. The summed E-state index contributed by atoms with van der Waals surface area (Å²) in [6.45, 7) is 0. The summed E-state index contributed by atoms with van der Waals surface area (Å²) in [5.41, 5.74) is 2.14. The quantitative estimate of drug-likeness (QED) is 0.526. The van der Waals surface area contributed by atoms with Gasteiger partial charge in [-0.05, 0) is 30.3 Å². The summed E-state index contributed by atoms with van der Waals surface area (Å²) in [4.78, 5) is 11.7. The molecule has 0 spiro atoms. The molecule has 2 aromatic rings. The van der Waals surface area contributed by atoms with Gasteiger partial charge in [-0.1, -0.05) is 11.6 Å². The molecule has 0 aliphatic heterocycles. The molecule has 0 bridgehead atoms. The summed E-state index contributed by atoms with van der Waals surface area (Å²) in [7, 11) is 0. The van der Waals surface area contributed by atoms with E-state index in [0.717, 1.165) is 6.21 Å². The zero-order valence-electron chi connectivity index (χ0n) is 10.4. The number of rotatable bonds is 3. The predicted octanol–water partition coefficient (Wildman–Crippen LogP) is 3.52. The lowest BCUT2D eigenvalue weighted by atomic mass is 10.2. The standard InChI is InChI=1S/C14H8ClF3N2O/c15-10-3-1-8(2-4-10)14(21)20-19-7-9-5-12(17)13(18)6-11(9)16/h1-7H,(H,20,21)/b19-7+. The highest BCUT2D eigenvalue weighted by molar-refractivity contribution is 6.30. The Bertz CT molecular complexity index is 702. The van der Waals surface area contributed by atoms with Crippen LogP contribution < -0.4 is 5.43 Å². The molecule has 1 amide bonds. The molecule has 0 aliphatic carbocycles. The van der Waals surface area contributed by atoms with Gasteiger partial charge in [0.1, 0.15) is 5.82 Å². The van der Waals surface area contributed by atoms with Crippen molar-refractivity contribution in [1.82, 2.24) is 5.43 Å². The van der Waals surface area contributed by atoms with E-state index in [0.29, 0.717) is 22.7 Å². The minimum atomic E-state index is -1.30. The van der Waals surface area contributed by atoms with Gasteiger partial charge >= 0.3 is 0 Å². The number of nitrogens with zero attached hydrogens (tertiary/aromatic N) is 1. The van der Waals surface area contributed by atoms with E-state index in [1.807, 2.05) is 0 Å². The van der Waals surface area contributed by atoms with Crippen LogP contribution in [-0.4, -0.2) is 12.1 Å². The average molecular weight is 313 g/mol. The highest BCUT2D eigenvalue weighted by Gasteiger charge is 2.08. The molecule has 3 nitrogen and oxygen atoms in total. The summed E-state index contributed by atoms with van der Waals surface area (Å²) >= 11 is 5.68. The predicted molar refractivity (Wildman–Crippen MR) is 72.8 cm³/mol. The van der Waals surface area contributed by atoms with Gasteiger partial charge in [0.05, 0.1) is 6.21 Å². The van der Waals surface area contributed by atoms with E-state index >= 15 is 0 Å². The number of carbonyl (C=O) groups excluding carboxylic acids is 1. The summed E-state index contributed by atoms with van der Waals surface area (Å²) < 4.78 is 39.0. The molecule has 1 N–H and O–H groups in total. The van der Waals surface area contributed by atoms with E-state index in [1.165, 1.54) is 24.3 Å². The fourth-order valence-corrected chi connectivity index (χ4v) is 1.59. The van der Waals surface area contributed by atoms with Gasteiger partial charge in [0.25, 0.3) is 5.91 Å². The molecular weight excluding hydrogens is 305 g/mol. The van der Waals surface area contributed by atoms with E-state index in [-0.39, 0.29) is 5.56 Å². The topological polar surface area (TPSA) is 41.5 Å². The van der Waals surface area contributed by atoms with Crippen LogP contribution >= 0.6 is 11.6 Å². The van der Waals surface area contributed by atoms with Crippen LogP contribution in [0.1, 0.15) is 15.9 Å². The maximum absolute atomic E-state index is 13.3. The van der Waals surface area contributed by atoms with Crippen molar-refractivity contribution in [2.45, 2.75) is 0 Å². The molecule has 0 aromatic heterocycles. The molecular formula is C14H8ClF3N2O. The monoisotopic (exact) mass is 312 g/mol. The van der Waals surface area contributed by atoms with Crippen LogP contribution in [0.25, 0.3) is 0 Å². The van der Waals surface area contributed by atoms with E-state index in [4.69, 9.17) is 11.6 Å². The van der Waals surface area contributed by atoms with Crippen LogP contribution in [-0.2, 0) is 0 Å². The normalized spacial score (nSPS) is 10.9. The van der Waals surface area contributed by atoms with E-state index in [1.54, 1.807) is 0 Å². The molecule has 0 saturated carbocycles. The number of hydrogen-bond acceptors (Lipinski definition) is 2. The van der Waals surface area contributed by atoms with Gasteiger partial charge in [-0.15, -0.1) is 0 Å². The van der Waals surface area contributed by atoms with Crippen molar-refractivity contribution in [3.8, 4) is 0 Å². The number of amides is 1. The molecule has 0 unspecified atom stereocenters. The first-order valence-electron chi connectivity index (χ1n) is 5.71. The fourth-order valence-electron chi connectivity index (χ4n) is 1.46. The van der Waals surface area contributed by atoms with Crippen molar-refractivity contribution < 1.29 is 18.0 Å². The van der Waals surface area contributed by atoms with Gasteiger partial charge in [0.2, 0.25) is 0 Å². The Morgan fingerprint density at radius 1 is 1.05 bits per heavy atom. The Hall–Kier alpha value is -2.34. The van der Waals surface area contributed by atoms with E-state index in [9.17, 15) is 18.0 Å². The third kappa shape index (κ3) is 3.82. The molecule has 2 rings (SSSR count). The summed E-state index contributed by atoms with van der Waals surface area (Å²) in [5, 5.41) is 3.96. The third-order valence-corrected chi connectivity index (χ3v) is 2.77. The molecule has 0 radical (unpaired) electrons. The maximum atomic E-state index is 13.3.